The molecule has 0 bridgehead atoms. The van der Waals surface area contributed by atoms with Gasteiger partial charge in [-0.15, -0.1) is 0 Å². The number of carbonyl (C=O) groups excluding carboxylic acids is 1. The highest BCUT2D eigenvalue weighted by molar-refractivity contribution is 7.90. The predicted octanol–water partition coefficient (Wildman–Crippen LogP) is 3.72. The highest BCUT2D eigenvalue weighted by Gasteiger charge is 2.11. The minimum Gasteiger partial charge on any atom is -0.298 e. The summed E-state index contributed by atoms with van der Waals surface area (Å²) in [6, 6.07) is 18.1. The molecular weight excluding hydrogens is 296 g/mol. The number of hydrogen-bond donors (Lipinski definition) is 0. The van der Waals surface area contributed by atoms with Crippen molar-refractivity contribution in [2.45, 2.75) is 4.90 Å². The van der Waals surface area contributed by atoms with E-state index < -0.39 is 9.84 Å². The van der Waals surface area contributed by atoms with Crippen molar-refractivity contribution in [1.82, 2.24) is 0 Å². The average Bonchev–Trinajstić information content (AvgIpc) is 2.53. The third kappa shape index (κ3) is 2.53. The molecule has 0 unspecified atom stereocenters. The maximum Gasteiger partial charge on any atom is 0.175 e. The van der Waals surface area contributed by atoms with Crippen molar-refractivity contribution in [3.63, 3.8) is 0 Å². The van der Waals surface area contributed by atoms with Crippen LogP contribution in [0.1, 0.15) is 10.4 Å². The van der Waals surface area contributed by atoms with Gasteiger partial charge in [0, 0.05) is 11.8 Å². The second-order valence-corrected chi connectivity index (χ2v) is 7.18. The molecule has 0 atom stereocenters. The zero-order valence-corrected chi connectivity index (χ0v) is 12.8. The number of fused-ring (bicyclic) bond motifs is 1. The van der Waals surface area contributed by atoms with E-state index in [9.17, 15) is 13.2 Å². The fourth-order valence-corrected chi connectivity index (χ4v) is 3.19. The number of aldehydes is 1. The van der Waals surface area contributed by atoms with Crippen molar-refractivity contribution in [1.29, 1.82) is 0 Å². The van der Waals surface area contributed by atoms with Crippen LogP contribution in [0.3, 0.4) is 0 Å². The van der Waals surface area contributed by atoms with E-state index in [1.807, 2.05) is 36.4 Å². The quantitative estimate of drug-likeness (QED) is 0.693. The van der Waals surface area contributed by atoms with E-state index in [1.165, 1.54) is 6.26 Å². The minimum absolute atomic E-state index is 0.268. The molecule has 4 heteroatoms. The number of benzene rings is 3. The highest BCUT2D eigenvalue weighted by atomic mass is 32.2. The smallest absolute Gasteiger partial charge is 0.175 e. The number of hydrogen-bond acceptors (Lipinski definition) is 3. The Hall–Kier alpha value is -2.46. The second kappa shape index (κ2) is 5.39. The molecule has 3 nitrogen and oxygen atoms in total. The normalized spacial score (nSPS) is 11.5. The van der Waals surface area contributed by atoms with Crippen LogP contribution < -0.4 is 0 Å². The Morgan fingerprint density at radius 1 is 0.864 bits per heavy atom. The molecule has 0 aliphatic carbocycles. The molecule has 0 saturated carbocycles. The zero-order valence-electron chi connectivity index (χ0n) is 12.0. The molecule has 3 aromatic rings. The summed E-state index contributed by atoms with van der Waals surface area (Å²) < 4.78 is 23.0. The fourth-order valence-electron chi connectivity index (χ4n) is 2.56. The molecular formula is C18H14O3S. The SMILES string of the molecule is CS(=O)(=O)c1ccc(-c2ccc3ccccc3c2C=O)cc1. The van der Waals surface area contributed by atoms with Crippen LogP contribution in [0.4, 0.5) is 0 Å². The lowest BCUT2D eigenvalue weighted by Gasteiger charge is -2.09. The van der Waals surface area contributed by atoms with Gasteiger partial charge in [0.05, 0.1) is 4.90 Å². The van der Waals surface area contributed by atoms with Gasteiger partial charge in [-0.1, -0.05) is 48.5 Å². The molecule has 3 aromatic carbocycles. The minimum atomic E-state index is -3.22. The Kier molecular flexibility index (Phi) is 3.54. The molecule has 0 spiro atoms. The van der Waals surface area contributed by atoms with Crippen LogP contribution in [0.25, 0.3) is 21.9 Å². The Morgan fingerprint density at radius 2 is 1.55 bits per heavy atom. The summed E-state index contributed by atoms with van der Waals surface area (Å²) in [5.74, 6) is 0. The summed E-state index contributed by atoms with van der Waals surface area (Å²) in [7, 11) is -3.22. The van der Waals surface area contributed by atoms with Crippen molar-refractivity contribution in [2.75, 3.05) is 6.26 Å². The summed E-state index contributed by atoms with van der Waals surface area (Å²) in [6.45, 7) is 0. The van der Waals surface area contributed by atoms with Gasteiger partial charge in [-0.25, -0.2) is 8.42 Å². The highest BCUT2D eigenvalue weighted by Crippen LogP contribution is 2.29. The Bertz CT molecular complexity index is 955. The van der Waals surface area contributed by atoms with Crippen LogP contribution in [0.5, 0.6) is 0 Å². The standard InChI is InChI=1S/C18H14O3S/c1-22(20,21)15-9-6-14(7-10-15)17-11-8-13-4-2-3-5-16(13)18(17)12-19/h2-12H,1H3. The van der Waals surface area contributed by atoms with Gasteiger partial charge in [-0.3, -0.25) is 4.79 Å². The summed E-state index contributed by atoms with van der Waals surface area (Å²) in [5, 5.41) is 1.89. The Labute approximate surface area is 129 Å². The third-order valence-corrected chi connectivity index (χ3v) is 4.81. The lowest BCUT2D eigenvalue weighted by molar-refractivity contribution is 0.112. The maximum atomic E-state index is 11.5. The Balaban J connectivity index is 2.20. The molecule has 0 amide bonds. The van der Waals surface area contributed by atoms with Gasteiger partial charge in [-0.2, -0.15) is 0 Å². The van der Waals surface area contributed by atoms with Gasteiger partial charge in [0.15, 0.2) is 16.1 Å². The van der Waals surface area contributed by atoms with Crippen molar-refractivity contribution in [3.05, 3.63) is 66.2 Å². The number of carbonyl (C=O) groups is 1. The van der Waals surface area contributed by atoms with Crippen molar-refractivity contribution < 1.29 is 13.2 Å². The van der Waals surface area contributed by atoms with Gasteiger partial charge in [0.25, 0.3) is 0 Å². The predicted molar refractivity (Wildman–Crippen MR) is 87.9 cm³/mol. The van der Waals surface area contributed by atoms with Crippen molar-refractivity contribution in [2.24, 2.45) is 0 Å². The number of sulfone groups is 1. The average molecular weight is 310 g/mol. The maximum absolute atomic E-state index is 11.5. The molecule has 0 fully saturated rings. The monoisotopic (exact) mass is 310 g/mol. The molecule has 0 aromatic heterocycles. The van der Waals surface area contributed by atoms with Crippen LogP contribution in [0.2, 0.25) is 0 Å². The molecule has 0 saturated heterocycles. The van der Waals surface area contributed by atoms with Crippen molar-refractivity contribution in [3.8, 4) is 11.1 Å². The van der Waals surface area contributed by atoms with E-state index in [0.717, 1.165) is 28.2 Å². The van der Waals surface area contributed by atoms with Gasteiger partial charge < -0.3 is 0 Å². The first kappa shape index (κ1) is 14.5. The van der Waals surface area contributed by atoms with Crippen molar-refractivity contribution >= 4 is 26.9 Å². The van der Waals surface area contributed by atoms with E-state index >= 15 is 0 Å². The van der Waals surface area contributed by atoms with E-state index in [1.54, 1.807) is 24.3 Å². The van der Waals surface area contributed by atoms with Crippen LogP contribution in [0.15, 0.2) is 65.6 Å². The molecule has 22 heavy (non-hydrogen) atoms. The summed E-state index contributed by atoms with van der Waals surface area (Å²) in [5.41, 5.74) is 2.24. The molecule has 110 valence electrons. The third-order valence-electron chi connectivity index (χ3n) is 3.68. The molecule has 0 radical (unpaired) electrons. The largest absolute Gasteiger partial charge is 0.298 e. The molecule has 0 N–H and O–H groups in total. The first-order chi connectivity index (χ1) is 10.5. The summed E-state index contributed by atoms with van der Waals surface area (Å²) in [4.78, 5) is 11.8. The lowest BCUT2D eigenvalue weighted by atomic mass is 9.95. The second-order valence-electron chi connectivity index (χ2n) is 5.16. The van der Waals surface area contributed by atoms with Gasteiger partial charge in [-0.05, 0) is 34.0 Å². The van der Waals surface area contributed by atoms with Crippen LogP contribution >= 0.6 is 0 Å². The fraction of sp³-hybridized carbons (Fsp3) is 0.0556. The molecule has 0 heterocycles. The van der Waals surface area contributed by atoms with E-state index in [-0.39, 0.29) is 4.90 Å². The van der Waals surface area contributed by atoms with Crippen LogP contribution in [-0.4, -0.2) is 21.0 Å². The first-order valence-electron chi connectivity index (χ1n) is 6.78. The molecule has 3 rings (SSSR count). The molecule has 0 aliphatic heterocycles. The Morgan fingerprint density at radius 3 is 2.18 bits per heavy atom. The lowest BCUT2D eigenvalue weighted by Crippen LogP contribution is -1.96. The van der Waals surface area contributed by atoms with E-state index in [4.69, 9.17) is 0 Å². The summed E-state index contributed by atoms with van der Waals surface area (Å²) >= 11 is 0. The van der Waals surface area contributed by atoms with Gasteiger partial charge in [0.2, 0.25) is 0 Å². The number of rotatable bonds is 3. The first-order valence-corrected chi connectivity index (χ1v) is 8.67. The summed E-state index contributed by atoms with van der Waals surface area (Å²) in [6.07, 6.45) is 2.02. The zero-order chi connectivity index (χ0) is 15.7. The van der Waals surface area contributed by atoms with E-state index in [0.29, 0.717) is 5.56 Å². The van der Waals surface area contributed by atoms with Gasteiger partial charge >= 0.3 is 0 Å². The van der Waals surface area contributed by atoms with E-state index in [2.05, 4.69) is 0 Å². The van der Waals surface area contributed by atoms with Gasteiger partial charge in [0.1, 0.15) is 0 Å². The topological polar surface area (TPSA) is 51.2 Å². The van der Waals surface area contributed by atoms with Crippen LogP contribution in [-0.2, 0) is 9.84 Å². The van der Waals surface area contributed by atoms with Crippen LogP contribution in [0, 0.1) is 0 Å². The molecule has 0 aliphatic rings.